The Morgan fingerprint density at radius 3 is 2.96 bits per heavy atom. The highest BCUT2D eigenvalue weighted by Gasteiger charge is 2.22. The molecule has 0 amide bonds. The number of guanidine groups is 1. The summed E-state index contributed by atoms with van der Waals surface area (Å²) in [7, 11) is 3.64. The number of aliphatic imine (C=N–C) groups is 1. The number of aryl methyl sites for hydroxylation is 1. The number of para-hydroxylation sites is 1. The Balaban J connectivity index is 1.78. The van der Waals surface area contributed by atoms with Gasteiger partial charge >= 0.3 is 0 Å². The van der Waals surface area contributed by atoms with Crippen LogP contribution in [0.25, 0.3) is 0 Å². The highest BCUT2D eigenvalue weighted by Crippen LogP contribution is 2.31. The van der Waals surface area contributed by atoms with Gasteiger partial charge in [0.15, 0.2) is 11.8 Å². The van der Waals surface area contributed by atoms with Gasteiger partial charge in [-0.25, -0.2) is 4.99 Å². The van der Waals surface area contributed by atoms with Gasteiger partial charge in [0.1, 0.15) is 18.1 Å². The van der Waals surface area contributed by atoms with E-state index in [2.05, 4.69) is 33.8 Å². The molecule has 0 saturated heterocycles. The van der Waals surface area contributed by atoms with Gasteiger partial charge in [-0.2, -0.15) is 0 Å². The zero-order valence-electron chi connectivity index (χ0n) is 16.4. The van der Waals surface area contributed by atoms with Crippen molar-refractivity contribution in [3.05, 3.63) is 41.5 Å². The molecule has 8 nitrogen and oxygen atoms in total. The van der Waals surface area contributed by atoms with Crippen LogP contribution in [0.1, 0.15) is 36.6 Å². The molecule has 1 aromatic carbocycles. The van der Waals surface area contributed by atoms with Gasteiger partial charge in [0.25, 0.3) is 0 Å². The van der Waals surface area contributed by atoms with Crippen LogP contribution in [-0.2, 0) is 18.3 Å². The van der Waals surface area contributed by atoms with Crippen molar-refractivity contribution in [2.24, 2.45) is 12.0 Å². The third kappa shape index (κ3) is 4.77. The Labute approximate surface area is 160 Å². The predicted molar refractivity (Wildman–Crippen MR) is 104 cm³/mol. The van der Waals surface area contributed by atoms with Crippen molar-refractivity contribution < 1.29 is 9.47 Å². The molecule has 1 aliphatic rings. The fraction of sp³-hybridized carbons (Fsp3) is 0.526. The number of aromatic nitrogens is 3. The van der Waals surface area contributed by atoms with Crippen LogP contribution in [0.15, 0.2) is 29.3 Å². The van der Waals surface area contributed by atoms with Crippen LogP contribution < -0.4 is 15.4 Å². The van der Waals surface area contributed by atoms with E-state index < -0.39 is 0 Å². The zero-order chi connectivity index (χ0) is 19.2. The summed E-state index contributed by atoms with van der Waals surface area (Å²) in [6.07, 6.45) is 0.874. The Morgan fingerprint density at radius 2 is 2.22 bits per heavy atom. The predicted octanol–water partition coefficient (Wildman–Crippen LogP) is 1.72. The number of nitrogens with zero attached hydrogens (tertiary/aromatic N) is 4. The molecule has 1 aliphatic heterocycles. The molecule has 8 heteroatoms. The van der Waals surface area contributed by atoms with Crippen LogP contribution in [0.3, 0.4) is 0 Å². The Hall–Kier alpha value is -2.61. The number of rotatable bonds is 6. The maximum Gasteiger partial charge on any atom is 0.192 e. The topological polar surface area (TPSA) is 85.6 Å². The minimum absolute atomic E-state index is 0.123. The number of benzene rings is 1. The number of methoxy groups -OCH3 is 1. The molecule has 2 N–H and O–H groups in total. The van der Waals surface area contributed by atoms with Gasteiger partial charge in [0, 0.05) is 32.2 Å². The minimum atomic E-state index is 0.123. The summed E-state index contributed by atoms with van der Waals surface area (Å²) in [5, 5.41) is 15.2. The van der Waals surface area contributed by atoms with E-state index in [1.807, 2.05) is 36.7 Å². The summed E-state index contributed by atoms with van der Waals surface area (Å²) in [6.45, 7) is 5.70. The molecule has 2 unspecified atom stereocenters. The average molecular weight is 372 g/mol. The molecule has 2 heterocycles. The van der Waals surface area contributed by atoms with Gasteiger partial charge in [0.05, 0.1) is 19.3 Å². The van der Waals surface area contributed by atoms with Crippen LogP contribution in [0.2, 0.25) is 0 Å². The quantitative estimate of drug-likeness (QED) is 0.593. The normalized spacial score (nSPS) is 17.8. The van der Waals surface area contributed by atoms with Crippen molar-refractivity contribution in [3.8, 4) is 5.75 Å². The van der Waals surface area contributed by atoms with Crippen molar-refractivity contribution in [2.75, 3.05) is 20.3 Å². The van der Waals surface area contributed by atoms with Crippen LogP contribution in [0, 0.1) is 6.92 Å². The number of hydrogen-bond donors (Lipinski definition) is 2. The van der Waals surface area contributed by atoms with E-state index in [9.17, 15) is 0 Å². The summed E-state index contributed by atoms with van der Waals surface area (Å²) < 4.78 is 13.0. The molecule has 0 aliphatic carbocycles. The first-order chi connectivity index (χ1) is 13.1. The van der Waals surface area contributed by atoms with Crippen LogP contribution >= 0.6 is 0 Å². The zero-order valence-corrected chi connectivity index (χ0v) is 16.4. The Bertz CT molecular complexity index is 788. The first-order valence-corrected chi connectivity index (χ1v) is 9.21. The van der Waals surface area contributed by atoms with E-state index in [-0.39, 0.29) is 12.1 Å². The highest BCUT2D eigenvalue weighted by atomic mass is 16.5. The molecule has 0 radical (unpaired) electrons. The summed E-state index contributed by atoms with van der Waals surface area (Å²) >= 11 is 0. The summed E-state index contributed by atoms with van der Waals surface area (Å²) in [4.78, 5) is 4.73. The molecule has 2 atom stereocenters. The van der Waals surface area contributed by atoms with Crippen molar-refractivity contribution >= 4 is 5.96 Å². The first-order valence-electron chi connectivity index (χ1n) is 9.21. The van der Waals surface area contributed by atoms with E-state index in [0.717, 1.165) is 35.3 Å². The van der Waals surface area contributed by atoms with Crippen LogP contribution in [-0.4, -0.2) is 47.1 Å². The van der Waals surface area contributed by atoms with E-state index >= 15 is 0 Å². The van der Waals surface area contributed by atoms with Gasteiger partial charge in [-0.3, -0.25) is 0 Å². The maximum absolute atomic E-state index is 5.76. The lowest BCUT2D eigenvalue weighted by Gasteiger charge is -2.29. The largest absolute Gasteiger partial charge is 0.493 e. The molecule has 0 fully saturated rings. The molecular formula is C19H28N6O2. The molecule has 3 rings (SSSR count). The molecule has 27 heavy (non-hydrogen) atoms. The van der Waals surface area contributed by atoms with Crippen LogP contribution in [0.4, 0.5) is 0 Å². The van der Waals surface area contributed by atoms with E-state index in [1.54, 1.807) is 7.11 Å². The lowest BCUT2D eigenvalue weighted by Crippen LogP contribution is -2.46. The molecule has 0 saturated carbocycles. The molecule has 2 aromatic rings. The van der Waals surface area contributed by atoms with Gasteiger partial charge < -0.3 is 24.7 Å². The van der Waals surface area contributed by atoms with Crippen LogP contribution in [0.5, 0.6) is 5.75 Å². The fourth-order valence-corrected chi connectivity index (χ4v) is 3.05. The Morgan fingerprint density at radius 1 is 1.41 bits per heavy atom. The monoisotopic (exact) mass is 372 g/mol. The number of hydrogen-bond acceptors (Lipinski definition) is 5. The fourth-order valence-electron chi connectivity index (χ4n) is 3.05. The average Bonchev–Trinajstić information content (AvgIpc) is 2.98. The highest BCUT2D eigenvalue weighted by molar-refractivity contribution is 5.80. The van der Waals surface area contributed by atoms with Gasteiger partial charge in [0.2, 0.25) is 0 Å². The van der Waals surface area contributed by atoms with E-state index in [0.29, 0.717) is 19.8 Å². The van der Waals surface area contributed by atoms with Gasteiger partial charge in [-0.05, 0) is 19.9 Å². The van der Waals surface area contributed by atoms with Crippen molar-refractivity contribution in [1.82, 2.24) is 25.4 Å². The summed E-state index contributed by atoms with van der Waals surface area (Å²) in [6, 6.07) is 8.38. The molecule has 1 aromatic heterocycles. The number of nitrogens with one attached hydrogen (secondary N) is 2. The molecule has 0 bridgehead atoms. The smallest absolute Gasteiger partial charge is 0.192 e. The van der Waals surface area contributed by atoms with Gasteiger partial charge in [-0.1, -0.05) is 18.2 Å². The SMILES string of the molecule is COCC(C)NC(=NCc1nnc(C)n1C)NC1CCOc2ccccc21. The van der Waals surface area contributed by atoms with Crippen molar-refractivity contribution in [3.63, 3.8) is 0 Å². The molecule has 0 spiro atoms. The minimum Gasteiger partial charge on any atom is -0.493 e. The number of ether oxygens (including phenoxy) is 2. The van der Waals surface area contributed by atoms with Crippen molar-refractivity contribution in [1.29, 1.82) is 0 Å². The lowest BCUT2D eigenvalue weighted by molar-refractivity contribution is 0.178. The third-order valence-corrected chi connectivity index (χ3v) is 4.63. The standard InChI is InChI=1S/C19H28N6O2/c1-13(12-26-4)21-19(20-11-18-24-23-14(2)25(18)3)22-16-9-10-27-17-8-6-5-7-15(16)17/h5-8,13,16H,9-12H2,1-4H3,(H2,20,21,22). The molecule has 146 valence electrons. The lowest BCUT2D eigenvalue weighted by atomic mass is 10.0. The van der Waals surface area contributed by atoms with Crippen molar-refractivity contribution in [2.45, 2.75) is 38.9 Å². The molecular weight excluding hydrogens is 344 g/mol. The Kier molecular flexibility index (Phi) is 6.28. The second-order valence-electron chi connectivity index (χ2n) is 6.76. The maximum atomic E-state index is 5.76. The number of fused-ring (bicyclic) bond motifs is 1. The summed E-state index contributed by atoms with van der Waals surface area (Å²) in [5.74, 6) is 3.34. The third-order valence-electron chi connectivity index (χ3n) is 4.63. The van der Waals surface area contributed by atoms with Gasteiger partial charge in [-0.15, -0.1) is 10.2 Å². The second-order valence-corrected chi connectivity index (χ2v) is 6.76. The van der Waals surface area contributed by atoms with E-state index in [1.165, 1.54) is 0 Å². The first kappa shape index (κ1) is 19.2. The van der Waals surface area contributed by atoms with E-state index in [4.69, 9.17) is 14.5 Å². The second kappa shape index (κ2) is 8.85. The summed E-state index contributed by atoms with van der Waals surface area (Å²) in [5.41, 5.74) is 1.15.